The third kappa shape index (κ3) is 3.54. The van der Waals surface area contributed by atoms with Gasteiger partial charge in [0.25, 0.3) is 0 Å². The maximum absolute atomic E-state index is 11.4. The number of carbonyl (C=O) groups excluding carboxylic acids is 2. The van der Waals surface area contributed by atoms with E-state index in [9.17, 15) is 9.59 Å². The predicted octanol–water partition coefficient (Wildman–Crippen LogP) is 0.947. The molecular weight excluding hydrogens is 218 g/mol. The first-order valence-corrected chi connectivity index (χ1v) is 6.34. The predicted molar refractivity (Wildman–Crippen MR) is 64.4 cm³/mol. The third-order valence-corrected chi connectivity index (χ3v) is 3.31. The van der Waals surface area contributed by atoms with E-state index >= 15 is 0 Å². The molecule has 0 bridgehead atoms. The number of hydrazone groups is 1. The van der Waals surface area contributed by atoms with Crippen LogP contribution >= 0.6 is 0 Å². The fourth-order valence-corrected chi connectivity index (χ4v) is 1.99. The van der Waals surface area contributed by atoms with Gasteiger partial charge in [-0.05, 0) is 38.0 Å². The van der Waals surface area contributed by atoms with Gasteiger partial charge in [-0.1, -0.05) is 13.3 Å². The summed E-state index contributed by atoms with van der Waals surface area (Å²) in [6.45, 7) is 2.11. The minimum absolute atomic E-state index is 0.203. The zero-order valence-electron chi connectivity index (χ0n) is 10.2. The van der Waals surface area contributed by atoms with Crippen LogP contribution in [0.5, 0.6) is 0 Å². The molecule has 2 amide bonds. The van der Waals surface area contributed by atoms with Crippen LogP contribution in [0.15, 0.2) is 5.10 Å². The van der Waals surface area contributed by atoms with E-state index in [0.717, 1.165) is 37.8 Å². The standard InChI is InChI=1S/C12H19N3O2/c1-8-4-2-3-5-10(8)14-15-12(17)11(16)13-9-6-7-9/h8-9H,2-7H2,1H3,(H,13,16)(H,15,17)/t8-/m0/s1. The van der Waals surface area contributed by atoms with Crippen molar-refractivity contribution in [2.75, 3.05) is 0 Å². The second kappa shape index (κ2) is 5.29. The molecule has 17 heavy (non-hydrogen) atoms. The van der Waals surface area contributed by atoms with Gasteiger partial charge in [0.15, 0.2) is 0 Å². The molecule has 2 saturated carbocycles. The normalized spacial score (nSPS) is 26.6. The third-order valence-electron chi connectivity index (χ3n) is 3.31. The molecule has 0 aliphatic heterocycles. The maximum atomic E-state index is 11.4. The molecular formula is C12H19N3O2. The summed E-state index contributed by atoms with van der Waals surface area (Å²) in [7, 11) is 0. The van der Waals surface area contributed by atoms with E-state index in [1.54, 1.807) is 0 Å². The summed E-state index contributed by atoms with van der Waals surface area (Å²) < 4.78 is 0. The lowest BCUT2D eigenvalue weighted by atomic mass is 9.89. The molecule has 5 nitrogen and oxygen atoms in total. The highest BCUT2D eigenvalue weighted by atomic mass is 16.2. The van der Waals surface area contributed by atoms with Crippen LogP contribution in [0, 0.1) is 5.92 Å². The zero-order valence-corrected chi connectivity index (χ0v) is 10.2. The lowest BCUT2D eigenvalue weighted by molar-refractivity contribution is -0.139. The van der Waals surface area contributed by atoms with Crippen molar-refractivity contribution in [3.05, 3.63) is 0 Å². The SMILES string of the molecule is C[C@H]1CCCCC1=NNC(=O)C(=O)NC1CC1. The zero-order chi connectivity index (χ0) is 12.3. The first kappa shape index (κ1) is 12.1. The lowest BCUT2D eigenvalue weighted by Crippen LogP contribution is -2.39. The molecule has 5 heteroatoms. The van der Waals surface area contributed by atoms with Gasteiger partial charge in [0.05, 0.1) is 0 Å². The van der Waals surface area contributed by atoms with E-state index in [4.69, 9.17) is 0 Å². The van der Waals surface area contributed by atoms with Crippen molar-refractivity contribution >= 4 is 17.5 Å². The van der Waals surface area contributed by atoms with E-state index in [0.29, 0.717) is 5.92 Å². The second-order valence-electron chi connectivity index (χ2n) is 4.94. The van der Waals surface area contributed by atoms with Gasteiger partial charge in [-0.2, -0.15) is 5.10 Å². The van der Waals surface area contributed by atoms with Crippen LogP contribution in [-0.4, -0.2) is 23.6 Å². The molecule has 0 aromatic heterocycles. The van der Waals surface area contributed by atoms with Crippen molar-refractivity contribution in [3.8, 4) is 0 Å². The molecule has 2 aliphatic rings. The molecule has 2 N–H and O–H groups in total. The molecule has 0 saturated heterocycles. The summed E-state index contributed by atoms with van der Waals surface area (Å²) in [4.78, 5) is 22.8. The molecule has 2 rings (SSSR count). The Balaban J connectivity index is 1.80. The van der Waals surface area contributed by atoms with Gasteiger partial charge < -0.3 is 5.32 Å². The van der Waals surface area contributed by atoms with Gasteiger partial charge in [0, 0.05) is 11.8 Å². The van der Waals surface area contributed by atoms with Crippen LogP contribution in [0.4, 0.5) is 0 Å². The van der Waals surface area contributed by atoms with E-state index in [1.807, 2.05) is 0 Å². The topological polar surface area (TPSA) is 70.6 Å². The molecule has 0 aromatic rings. The minimum atomic E-state index is -0.651. The van der Waals surface area contributed by atoms with Crippen molar-refractivity contribution in [2.24, 2.45) is 11.0 Å². The van der Waals surface area contributed by atoms with Gasteiger partial charge in [-0.15, -0.1) is 0 Å². The second-order valence-corrected chi connectivity index (χ2v) is 4.94. The summed E-state index contributed by atoms with van der Waals surface area (Å²) in [6.07, 6.45) is 6.33. The smallest absolute Gasteiger partial charge is 0.329 e. The minimum Gasteiger partial charge on any atom is -0.345 e. The highest BCUT2D eigenvalue weighted by molar-refractivity contribution is 6.35. The molecule has 0 heterocycles. The maximum Gasteiger partial charge on any atom is 0.329 e. The van der Waals surface area contributed by atoms with Gasteiger partial charge in [-0.25, -0.2) is 5.43 Å². The average Bonchev–Trinajstić information content (AvgIpc) is 3.11. The average molecular weight is 237 g/mol. The van der Waals surface area contributed by atoms with Crippen LogP contribution in [0.25, 0.3) is 0 Å². The summed E-state index contributed by atoms with van der Waals surface area (Å²) in [5, 5.41) is 6.70. The Labute approximate surface area is 101 Å². The highest BCUT2D eigenvalue weighted by Gasteiger charge is 2.26. The first-order chi connectivity index (χ1) is 8.16. The van der Waals surface area contributed by atoms with Crippen LogP contribution in [0.3, 0.4) is 0 Å². The summed E-state index contributed by atoms with van der Waals surface area (Å²) in [5.74, 6) is -0.807. The van der Waals surface area contributed by atoms with Crippen molar-refractivity contribution in [3.63, 3.8) is 0 Å². The molecule has 0 radical (unpaired) electrons. The van der Waals surface area contributed by atoms with E-state index in [1.165, 1.54) is 6.42 Å². The quantitative estimate of drug-likeness (QED) is 0.554. The van der Waals surface area contributed by atoms with Gasteiger partial charge >= 0.3 is 11.8 Å². The number of hydrogen-bond donors (Lipinski definition) is 2. The van der Waals surface area contributed by atoms with E-state index in [-0.39, 0.29) is 6.04 Å². The Morgan fingerprint density at radius 1 is 1.18 bits per heavy atom. The van der Waals surface area contributed by atoms with Crippen molar-refractivity contribution in [2.45, 2.75) is 51.5 Å². The molecule has 0 spiro atoms. The van der Waals surface area contributed by atoms with Gasteiger partial charge in [0.1, 0.15) is 0 Å². The molecule has 94 valence electrons. The Morgan fingerprint density at radius 3 is 2.59 bits per heavy atom. The van der Waals surface area contributed by atoms with E-state index < -0.39 is 11.8 Å². The largest absolute Gasteiger partial charge is 0.345 e. The molecule has 1 atom stereocenters. The Bertz CT molecular complexity index is 348. The van der Waals surface area contributed by atoms with Gasteiger partial charge in [-0.3, -0.25) is 9.59 Å². The molecule has 2 fully saturated rings. The summed E-state index contributed by atoms with van der Waals surface area (Å²) in [5.41, 5.74) is 3.36. The Morgan fingerprint density at radius 2 is 1.94 bits per heavy atom. The van der Waals surface area contributed by atoms with Crippen molar-refractivity contribution < 1.29 is 9.59 Å². The van der Waals surface area contributed by atoms with Crippen LogP contribution in [-0.2, 0) is 9.59 Å². The van der Waals surface area contributed by atoms with Crippen LogP contribution < -0.4 is 10.7 Å². The number of nitrogens with zero attached hydrogens (tertiary/aromatic N) is 1. The number of carbonyl (C=O) groups is 2. The van der Waals surface area contributed by atoms with Gasteiger partial charge in [0.2, 0.25) is 0 Å². The van der Waals surface area contributed by atoms with Crippen molar-refractivity contribution in [1.29, 1.82) is 0 Å². The lowest BCUT2D eigenvalue weighted by Gasteiger charge is -2.19. The molecule has 2 aliphatic carbocycles. The number of amides is 2. The summed E-state index contributed by atoms with van der Waals surface area (Å²) in [6, 6.07) is 0.203. The van der Waals surface area contributed by atoms with Crippen molar-refractivity contribution in [1.82, 2.24) is 10.7 Å². The van der Waals surface area contributed by atoms with Crippen LogP contribution in [0.2, 0.25) is 0 Å². The number of hydrogen-bond acceptors (Lipinski definition) is 3. The highest BCUT2D eigenvalue weighted by Crippen LogP contribution is 2.20. The Hall–Kier alpha value is -1.39. The number of nitrogens with one attached hydrogen (secondary N) is 2. The van der Waals surface area contributed by atoms with Crippen LogP contribution in [0.1, 0.15) is 45.4 Å². The molecule has 0 unspecified atom stereocenters. The number of rotatable bonds is 2. The first-order valence-electron chi connectivity index (χ1n) is 6.34. The Kier molecular flexibility index (Phi) is 3.76. The monoisotopic (exact) mass is 237 g/mol. The fraction of sp³-hybridized carbons (Fsp3) is 0.750. The molecule has 0 aromatic carbocycles. The summed E-state index contributed by atoms with van der Waals surface area (Å²) >= 11 is 0. The van der Waals surface area contributed by atoms with E-state index in [2.05, 4.69) is 22.8 Å². The fourth-order valence-electron chi connectivity index (χ4n) is 1.99.